The number of hydrogen-bond acceptors (Lipinski definition) is 2. The summed E-state index contributed by atoms with van der Waals surface area (Å²) in [7, 11) is 0. The zero-order chi connectivity index (χ0) is 19.4. The van der Waals surface area contributed by atoms with Crippen LogP contribution < -0.4 is 0 Å². The molecule has 5 heteroatoms. The van der Waals surface area contributed by atoms with Crippen molar-refractivity contribution in [2.24, 2.45) is 0 Å². The van der Waals surface area contributed by atoms with Crippen LogP contribution in [0.1, 0.15) is 69.2 Å². The summed E-state index contributed by atoms with van der Waals surface area (Å²) >= 11 is 6.16. The predicted octanol–water partition coefficient (Wildman–Crippen LogP) is 5.28. The molecule has 0 radical (unpaired) electrons. The van der Waals surface area contributed by atoms with Gasteiger partial charge in [0.05, 0.1) is 6.42 Å². The van der Waals surface area contributed by atoms with Crippen molar-refractivity contribution in [2.75, 3.05) is 6.54 Å². The lowest BCUT2D eigenvalue weighted by atomic mass is 9.69. The maximum atomic E-state index is 13.3. The van der Waals surface area contributed by atoms with Gasteiger partial charge in [-0.3, -0.25) is 4.79 Å². The lowest BCUT2D eigenvalue weighted by Crippen LogP contribution is -2.49. The van der Waals surface area contributed by atoms with Gasteiger partial charge in [0.25, 0.3) is 0 Å². The zero-order valence-corrected chi connectivity index (χ0v) is 17.3. The van der Waals surface area contributed by atoms with Gasteiger partial charge in [0.1, 0.15) is 5.82 Å². The van der Waals surface area contributed by atoms with Gasteiger partial charge in [0.15, 0.2) is 0 Å². The van der Waals surface area contributed by atoms with Gasteiger partial charge in [-0.1, -0.05) is 55.8 Å². The van der Waals surface area contributed by atoms with Gasteiger partial charge < -0.3 is 9.88 Å². The average Bonchev–Trinajstić information content (AvgIpc) is 3.41. The number of halogens is 1. The molecule has 0 spiro atoms. The summed E-state index contributed by atoms with van der Waals surface area (Å²) in [4.78, 5) is 22.9. The molecule has 1 amide bonds. The molecule has 1 aromatic carbocycles. The van der Waals surface area contributed by atoms with Crippen LogP contribution in [0.3, 0.4) is 0 Å². The highest BCUT2D eigenvalue weighted by atomic mass is 35.5. The number of nitrogens with one attached hydrogen (secondary N) is 1. The number of amides is 1. The van der Waals surface area contributed by atoms with Crippen LogP contribution in [-0.2, 0) is 16.6 Å². The van der Waals surface area contributed by atoms with E-state index < -0.39 is 0 Å². The molecular weight excluding hydrogens is 370 g/mol. The highest BCUT2D eigenvalue weighted by molar-refractivity contribution is 6.30. The van der Waals surface area contributed by atoms with E-state index in [-0.39, 0.29) is 11.3 Å². The first-order valence-corrected chi connectivity index (χ1v) is 11.1. The number of hydrogen-bond donors (Lipinski definition) is 1. The van der Waals surface area contributed by atoms with Gasteiger partial charge >= 0.3 is 0 Å². The van der Waals surface area contributed by atoms with Crippen molar-refractivity contribution < 1.29 is 4.79 Å². The molecule has 4 nitrogen and oxygen atoms in total. The molecule has 1 heterocycles. The molecule has 1 N–H and O–H groups in total. The Kier molecular flexibility index (Phi) is 6.05. The van der Waals surface area contributed by atoms with E-state index in [4.69, 9.17) is 11.6 Å². The Morgan fingerprint density at radius 1 is 1.11 bits per heavy atom. The van der Waals surface area contributed by atoms with E-state index in [1.54, 1.807) is 12.4 Å². The van der Waals surface area contributed by atoms with Crippen molar-refractivity contribution in [3.63, 3.8) is 0 Å². The minimum atomic E-state index is 0.0459. The molecule has 0 bridgehead atoms. The molecule has 2 fully saturated rings. The van der Waals surface area contributed by atoms with Crippen molar-refractivity contribution in [1.82, 2.24) is 14.9 Å². The molecule has 0 unspecified atom stereocenters. The Balaban J connectivity index is 1.61. The minimum Gasteiger partial charge on any atom is -0.348 e. The molecule has 1 aromatic heterocycles. The number of carbonyl (C=O) groups is 1. The average molecular weight is 400 g/mol. The third-order valence-electron chi connectivity index (χ3n) is 6.70. The molecule has 2 aromatic rings. The summed E-state index contributed by atoms with van der Waals surface area (Å²) in [6.45, 7) is 0.818. The fourth-order valence-electron chi connectivity index (χ4n) is 5.17. The van der Waals surface area contributed by atoms with Crippen molar-refractivity contribution in [3.8, 4) is 0 Å². The fraction of sp³-hybridized carbons (Fsp3) is 0.565. The summed E-state index contributed by atoms with van der Waals surface area (Å²) in [6.07, 6.45) is 14.6. The number of H-pyrrole nitrogens is 1. The Labute approximate surface area is 172 Å². The van der Waals surface area contributed by atoms with Crippen LogP contribution in [0.25, 0.3) is 0 Å². The third kappa shape index (κ3) is 4.27. The van der Waals surface area contributed by atoms with Crippen molar-refractivity contribution in [1.29, 1.82) is 0 Å². The van der Waals surface area contributed by atoms with Crippen LogP contribution in [0.5, 0.6) is 0 Å². The number of benzene rings is 1. The molecule has 2 aliphatic carbocycles. The van der Waals surface area contributed by atoms with Gasteiger partial charge in [-0.05, 0) is 43.4 Å². The number of imidazole rings is 1. The zero-order valence-electron chi connectivity index (χ0n) is 16.5. The maximum Gasteiger partial charge on any atom is 0.230 e. The van der Waals surface area contributed by atoms with Crippen molar-refractivity contribution >= 4 is 17.5 Å². The Hall–Kier alpha value is -1.81. The van der Waals surface area contributed by atoms with Crippen LogP contribution in [0, 0.1) is 0 Å². The van der Waals surface area contributed by atoms with E-state index in [2.05, 4.69) is 27.0 Å². The summed E-state index contributed by atoms with van der Waals surface area (Å²) in [6, 6.07) is 8.72. The Morgan fingerprint density at radius 3 is 2.46 bits per heavy atom. The largest absolute Gasteiger partial charge is 0.348 e. The number of rotatable bonds is 6. The predicted molar refractivity (Wildman–Crippen MR) is 112 cm³/mol. The van der Waals surface area contributed by atoms with Crippen LogP contribution >= 0.6 is 11.6 Å². The lowest BCUT2D eigenvalue weighted by Gasteiger charge is -2.43. The normalized spacial score (nSPS) is 19.6. The van der Waals surface area contributed by atoms with Gasteiger partial charge in [0, 0.05) is 35.4 Å². The molecule has 0 saturated heterocycles. The summed E-state index contributed by atoms with van der Waals surface area (Å²) < 4.78 is 0. The molecule has 0 atom stereocenters. The van der Waals surface area contributed by atoms with Crippen molar-refractivity contribution in [3.05, 3.63) is 53.1 Å². The lowest BCUT2D eigenvalue weighted by molar-refractivity contribution is -0.134. The first-order chi connectivity index (χ1) is 13.7. The highest BCUT2D eigenvalue weighted by Crippen LogP contribution is 2.42. The fourth-order valence-corrected chi connectivity index (χ4v) is 5.30. The highest BCUT2D eigenvalue weighted by Gasteiger charge is 2.39. The van der Waals surface area contributed by atoms with Gasteiger partial charge in [-0.25, -0.2) is 4.98 Å². The minimum absolute atomic E-state index is 0.0459. The first-order valence-electron chi connectivity index (χ1n) is 10.7. The number of aromatic nitrogens is 2. The number of aromatic amines is 1. The SMILES string of the molecule is O=C(Cc1ncc[nH]1)N(CC1(c2ccc(Cl)cc2)CCCCC1)C1CCCC1. The van der Waals surface area contributed by atoms with Crippen molar-refractivity contribution in [2.45, 2.75) is 75.7 Å². The van der Waals surface area contributed by atoms with E-state index in [1.807, 2.05) is 12.1 Å². The second-order valence-corrected chi connectivity index (χ2v) is 8.96. The summed E-state index contributed by atoms with van der Waals surface area (Å²) in [5, 5.41) is 0.774. The van der Waals surface area contributed by atoms with Gasteiger partial charge in [0.2, 0.25) is 5.91 Å². The van der Waals surface area contributed by atoms with Crippen LogP contribution in [0.4, 0.5) is 0 Å². The molecular formula is C23H30ClN3O. The van der Waals surface area contributed by atoms with E-state index in [0.717, 1.165) is 43.1 Å². The quantitative estimate of drug-likeness (QED) is 0.718. The maximum absolute atomic E-state index is 13.3. The third-order valence-corrected chi connectivity index (χ3v) is 6.95. The smallest absolute Gasteiger partial charge is 0.230 e. The Morgan fingerprint density at radius 2 is 1.82 bits per heavy atom. The van der Waals surface area contributed by atoms with E-state index in [0.29, 0.717) is 12.5 Å². The molecule has 28 heavy (non-hydrogen) atoms. The summed E-state index contributed by atoms with van der Waals surface area (Å²) in [5.74, 6) is 0.970. The van der Waals surface area contributed by atoms with Crippen LogP contribution in [0.15, 0.2) is 36.7 Å². The molecule has 0 aliphatic heterocycles. The molecule has 150 valence electrons. The van der Waals surface area contributed by atoms with Crippen LogP contribution in [-0.4, -0.2) is 33.4 Å². The molecule has 4 rings (SSSR count). The molecule has 2 saturated carbocycles. The second kappa shape index (κ2) is 8.69. The standard InChI is InChI=1S/C23H30ClN3O/c24-19-10-8-18(9-11-19)23(12-4-1-5-13-23)17-27(20-6-2-3-7-20)22(28)16-21-25-14-15-26-21/h8-11,14-15,20H,1-7,12-13,16-17H2,(H,25,26). The van der Waals surface area contributed by atoms with E-state index in [1.165, 1.54) is 37.7 Å². The number of carbonyl (C=O) groups excluding carboxylic acids is 1. The van der Waals surface area contributed by atoms with E-state index in [9.17, 15) is 4.79 Å². The second-order valence-electron chi connectivity index (χ2n) is 8.52. The molecule has 2 aliphatic rings. The van der Waals surface area contributed by atoms with Crippen LogP contribution in [0.2, 0.25) is 5.02 Å². The monoisotopic (exact) mass is 399 g/mol. The Bertz CT molecular complexity index is 760. The number of nitrogens with zero attached hydrogens (tertiary/aromatic N) is 2. The van der Waals surface area contributed by atoms with E-state index >= 15 is 0 Å². The topological polar surface area (TPSA) is 49.0 Å². The first kappa shape index (κ1) is 19.5. The van der Waals surface area contributed by atoms with Gasteiger partial charge in [-0.15, -0.1) is 0 Å². The summed E-state index contributed by atoms with van der Waals surface area (Å²) in [5.41, 5.74) is 1.38. The van der Waals surface area contributed by atoms with Gasteiger partial charge in [-0.2, -0.15) is 0 Å².